The predicted molar refractivity (Wildman–Crippen MR) is 117 cm³/mol. The molecule has 0 aromatic heterocycles. The van der Waals surface area contributed by atoms with Gasteiger partial charge in [0.2, 0.25) is 0 Å². The van der Waals surface area contributed by atoms with Crippen molar-refractivity contribution in [3.05, 3.63) is 29.8 Å². The van der Waals surface area contributed by atoms with Gasteiger partial charge in [0.05, 0.1) is 0 Å². The first-order valence-electron chi connectivity index (χ1n) is 11.9. The average molecular weight is 548 g/mol. The maximum atomic E-state index is 2.66. The molecular formula is C25H40Pb. The van der Waals surface area contributed by atoms with Gasteiger partial charge in [0, 0.05) is 0 Å². The van der Waals surface area contributed by atoms with E-state index in [9.17, 15) is 0 Å². The molecule has 0 atom stereocenters. The van der Waals surface area contributed by atoms with Gasteiger partial charge in [0.1, 0.15) is 0 Å². The van der Waals surface area contributed by atoms with E-state index < -0.39 is 21.2 Å². The standard InChI is InChI=1S/C7H7.3C6H11.Pb/c1-7-5-3-2-4-6-7;3*1-2-4-6-5-3-1;/h3-6H,1H3;3*1H,2-6H2;. The van der Waals surface area contributed by atoms with Gasteiger partial charge in [-0.3, -0.25) is 0 Å². The normalized spacial score (nSPS) is 24.7. The first-order chi connectivity index (χ1) is 12.8. The van der Waals surface area contributed by atoms with Gasteiger partial charge in [-0.1, -0.05) is 0 Å². The van der Waals surface area contributed by atoms with Gasteiger partial charge >= 0.3 is 168 Å². The van der Waals surface area contributed by atoms with Crippen LogP contribution < -0.4 is 3.12 Å². The Kier molecular flexibility index (Phi) is 6.81. The Morgan fingerprint density at radius 3 is 1.23 bits per heavy atom. The molecule has 0 unspecified atom stereocenters. The summed E-state index contributed by atoms with van der Waals surface area (Å²) in [7, 11) is 0. The Labute approximate surface area is 167 Å². The molecule has 3 aliphatic carbocycles. The third-order valence-corrected chi connectivity index (χ3v) is 36.1. The van der Waals surface area contributed by atoms with Gasteiger partial charge in [0.25, 0.3) is 0 Å². The minimum atomic E-state index is -2.68. The minimum absolute atomic E-state index is 1.17. The zero-order valence-electron chi connectivity index (χ0n) is 17.1. The van der Waals surface area contributed by atoms with Crippen LogP contribution in [-0.4, -0.2) is 21.2 Å². The number of hydrogen-bond donors (Lipinski definition) is 0. The summed E-state index contributed by atoms with van der Waals surface area (Å²) >= 11 is -2.68. The van der Waals surface area contributed by atoms with Crippen molar-refractivity contribution < 1.29 is 0 Å². The van der Waals surface area contributed by atoms with Crippen LogP contribution in [0.2, 0.25) is 10.4 Å². The zero-order chi connectivity index (χ0) is 17.8. The second-order valence-electron chi connectivity index (χ2n) is 9.80. The number of aryl methyl sites for hydroxylation is 1. The molecule has 4 rings (SSSR count). The molecule has 3 fully saturated rings. The first-order valence-corrected chi connectivity index (χ1v) is 20.6. The summed E-state index contributed by atoms with van der Waals surface area (Å²) in [5.41, 5.74) is 1.46. The van der Waals surface area contributed by atoms with Crippen molar-refractivity contribution in [1.82, 2.24) is 0 Å². The molecule has 0 radical (unpaired) electrons. The molecule has 0 aliphatic heterocycles. The summed E-state index contributed by atoms with van der Waals surface area (Å²) in [4.78, 5) is 0. The van der Waals surface area contributed by atoms with Crippen molar-refractivity contribution in [1.29, 1.82) is 0 Å². The van der Waals surface area contributed by atoms with Gasteiger partial charge < -0.3 is 0 Å². The van der Waals surface area contributed by atoms with Crippen LogP contribution in [0.5, 0.6) is 0 Å². The quantitative estimate of drug-likeness (QED) is 0.340. The first kappa shape index (κ1) is 19.5. The van der Waals surface area contributed by atoms with Gasteiger partial charge in [0.15, 0.2) is 0 Å². The van der Waals surface area contributed by atoms with Crippen LogP contribution in [-0.2, 0) is 0 Å². The van der Waals surface area contributed by atoms with Crippen LogP contribution in [0, 0.1) is 6.92 Å². The Hall–Kier alpha value is 0.142. The van der Waals surface area contributed by atoms with Crippen LogP contribution >= 0.6 is 0 Å². The molecule has 3 saturated carbocycles. The van der Waals surface area contributed by atoms with Crippen LogP contribution in [0.25, 0.3) is 0 Å². The van der Waals surface area contributed by atoms with Crippen molar-refractivity contribution in [2.24, 2.45) is 0 Å². The van der Waals surface area contributed by atoms with E-state index in [1.54, 1.807) is 38.5 Å². The summed E-state index contributed by atoms with van der Waals surface area (Å²) < 4.78 is 5.48. The molecule has 144 valence electrons. The Morgan fingerprint density at radius 1 is 0.538 bits per heavy atom. The van der Waals surface area contributed by atoms with E-state index >= 15 is 0 Å². The van der Waals surface area contributed by atoms with E-state index in [0.717, 1.165) is 0 Å². The van der Waals surface area contributed by atoms with Crippen molar-refractivity contribution >= 4 is 24.3 Å². The topological polar surface area (TPSA) is 0 Å². The fraction of sp³-hybridized carbons (Fsp3) is 0.760. The molecule has 0 nitrogen and oxygen atoms in total. The number of rotatable bonds is 4. The third-order valence-electron chi connectivity index (χ3n) is 8.39. The Bertz CT molecular complexity index is 496. The van der Waals surface area contributed by atoms with Crippen molar-refractivity contribution in [3.8, 4) is 0 Å². The molecule has 0 amide bonds. The molecule has 1 heteroatoms. The Morgan fingerprint density at radius 2 is 0.885 bits per heavy atom. The van der Waals surface area contributed by atoms with Crippen LogP contribution in [0.3, 0.4) is 0 Å². The fourth-order valence-electron chi connectivity index (χ4n) is 7.29. The van der Waals surface area contributed by atoms with Gasteiger partial charge in [-0.25, -0.2) is 0 Å². The van der Waals surface area contributed by atoms with Crippen molar-refractivity contribution in [2.45, 2.75) is 114 Å². The summed E-state index contributed by atoms with van der Waals surface area (Å²) in [5, 5.41) is 0. The molecule has 3 aliphatic rings. The summed E-state index contributed by atoms with van der Waals surface area (Å²) in [5.74, 6) is 0. The Balaban J connectivity index is 1.80. The summed E-state index contributed by atoms with van der Waals surface area (Å²) in [6.07, 6.45) is 23.4. The molecule has 1 aromatic rings. The molecule has 0 bridgehead atoms. The molecular weight excluding hydrogens is 507 g/mol. The van der Waals surface area contributed by atoms with E-state index in [-0.39, 0.29) is 0 Å². The number of benzene rings is 1. The second kappa shape index (κ2) is 9.09. The summed E-state index contributed by atoms with van der Waals surface area (Å²) in [6.45, 7) is 2.28. The SMILES string of the molecule is Cc1cc[c]([Pb]([CH]2CCCCC2)([CH]2CCCCC2)[CH]2CCCCC2)cc1. The zero-order valence-corrected chi connectivity index (χ0v) is 21.0. The monoisotopic (exact) mass is 548 g/mol. The molecule has 26 heavy (non-hydrogen) atoms. The molecule has 0 heterocycles. The van der Waals surface area contributed by atoms with Crippen molar-refractivity contribution in [2.75, 3.05) is 0 Å². The molecule has 0 saturated heterocycles. The fourth-order valence-corrected chi connectivity index (χ4v) is 39.4. The van der Waals surface area contributed by atoms with Crippen LogP contribution in [0.1, 0.15) is 102 Å². The van der Waals surface area contributed by atoms with E-state index in [4.69, 9.17) is 0 Å². The van der Waals surface area contributed by atoms with E-state index in [1.165, 1.54) is 73.8 Å². The average Bonchev–Trinajstić information content (AvgIpc) is 2.72. The molecule has 0 N–H and O–H groups in total. The third kappa shape index (κ3) is 3.82. The van der Waals surface area contributed by atoms with Gasteiger partial charge in [-0.2, -0.15) is 0 Å². The van der Waals surface area contributed by atoms with Gasteiger partial charge in [-0.15, -0.1) is 0 Å². The van der Waals surface area contributed by atoms with Crippen LogP contribution in [0.4, 0.5) is 0 Å². The van der Waals surface area contributed by atoms with E-state index in [0.29, 0.717) is 0 Å². The maximum absolute atomic E-state index is 2.68. The predicted octanol–water partition coefficient (Wildman–Crippen LogP) is 7.65. The molecule has 0 spiro atoms. The van der Waals surface area contributed by atoms with Crippen LogP contribution in [0.15, 0.2) is 24.3 Å². The van der Waals surface area contributed by atoms with Crippen molar-refractivity contribution in [3.63, 3.8) is 0 Å². The second-order valence-corrected chi connectivity index (χ2v) is 28.8. The summed E-state index contributed by atoms with van der Waals surface area (Å²) in [6, 6.07) is 10.3. The molecule has 1 aromatic carbocycles. The number of hydrogen-bond acceptors (Lipinski definition) is 0. The van der Waals surface area contributed by atoms with E-state index in [2.05, 4.69) is 31.2 Å². The van der Waals surface area contributed by atoms with Gasteiger partial charge in [-0.05, 0) is 0 Å². The van der Waals surface area contributed by atoms with E-state index in [1.807, 2.05) is 3.12 Å².